The molecule has 0 radical (unpaired) electrons. The number of ether oxygens (including phenoxy) is 3. The zero-order valence-electron chi connectivity index (χ0n) is 16.4. The van der Waals surface area contributed by atoms with E-state index in [9.17, 15) is 4.79 Å². The highest BCUT2D eigenvalue weighted by molar-refractivity contribution is 7.22. The molecular weight excluding hydrogens is 390 g/mol. The molecule has 1 aromatic heterocycles. The van der Waals surface area contributed by atoms with Gasteiger partial charge in [0.1, 0.15) is 0 Å². The van der Waals surface area contributed by atoms with Crippen LogP contribution in [0.5, 0.6) is 11.5 Å². The quantitative estimate of drug-likeness (QED) is 0.668. The van der Waals surface area contributed by atoms with E-state index >= 15 is 0 Å². The van der Waals surface area contributed by atoms with Crippen LogP contribution in [0.1, 0.15) is 15.9 Å². The number of amides is 1. The van der Waals surface area contributed by atoms with Crippen molar-refractivity contribution >= 4 is 32.6 Å². The molecule has 1 fully saturated rings. The van der Waals surface area contributed by atoms with Crippen molar-refractivity contribution in [2.24, 2.45) is 0 Å². The zero-order chi connectivity index (χ0) is 20.2. The van der Waals surface area contributed by atoms with E-state index in [-0.39, 0.29) is 5.91 Å². The van der Waals surface area contributed by atoms with Crippen LogP contribution < -0.4 is 14.8 Å². The molecule has 1 amide bonds. The third kappa shape index (κ3) is 4.50. The maximum atomic E-state index is 12.6. The summed E-state index contributed by atoms with van der Waals surface area (Å²) >= 11 is 1.47. The first kappa shape index (κ1) is 19.6. The summed E-state index contributed by atoms with van der Waals surface area (Å²) in [6.45, 7) is 4.37. The first-order valence-electron chi connectivity index (χ1n) is 9.39. The fourth-order valence-corrected chi connectivity index (χ4v) is 4.21. The molecule has 0 saturated carbocycles. The average Bonchev–Trinajstić information content (AvgIpc) is 3.15. The van der Waals surface area contributed by atoms with Gasteiger partial charge in [-0.05, 0) is 35.9 Å². The number of nitrogens with one attached hydrogen (secondary N) is 1. The molecule has 7 nitrogen and oxygen atoms in total. The lowest BCUT2D eigenvalue weighted by atomic mass is 10.2. The summed E-state index contributed by atoms with van der Waals surface area (Å²) in [5.41, 5.74) is 2.60. The van der Waals surface area contributed by atoms with Crippen LogP contribution in [0.25, 0.3) is 10.2 Å². The summed E-state index contributed by atoms with van der Waals surface area (Å²) in [6.07, 6.45) is 0. The van der Waals surface area contributed by atoms with Gasteiger partial charge < -0.3 is 14.2 Å². The van der Waals surface area contributed by atoms with E-state index in [1.807, 2.05) is 6.07 Å². The van der Waals surface area contributed by atoms with Crippen molar-refractivity contribution in [2.45, 2.75) is 6.54 Å². The molecule has 0 aliphatic carbocycles. The van der Waals surface area contributed by atoms with Crippen LogP contribution >= 0.6 is 11.3 Å². The number of fused-ring (bicyclic) bond motifs is 1. The number of methoxy groups -OCH3 is 2. The van der Waals surface area contributed by atoms with E-state index in [2.05, 4.69) is 27.3 Å². The Morgan fingerprint density at radius 1 is 1.14 bits per heavy atom. The minimum atomic E-state index is -0.237. The van der Waals surface area contributed by atoms with Gasteiger partial charge in [-0.15, -0.1) is 0 Å². The van der Waals surface area contributed by atoms with Crippen molar-refractivity contribution in [1.82, 2.24) is 9.88 Å². The van der Waals surface area contributed by atoms with Gasteiger partial charge in [0.15, 0.2) is 16.6 Å². The number of hydrogen-bond donors (Lipinski definition) is 1. The molecule has 0 bridgehead atoms. The van der Waals surface area contributed by atoms with Crippen LogP contribution in [0.15, 0.2) is 36.4 Å². The summed E-state index contributed by atoms with van der Waals surface area (Å²) < 4.78 is 16.9. The minimum Gasteiger partial charge on any atom is -0.493 e. The summed E-state index contributed by atoms with van der Waals surface area (Å²) in [6, 6.07) is 11.3. The number of hydrogen-bond acceptors (Lipinski definition) is 7. The van der Waals surface area contributed by atoms with E-state index in [1.165, 1.54) is 16.9 Å². The second-order valence-electron chi connectivity index (χ2n) is 6.73. The number of nitrogens with zero attached hydrogens (tertiary/aromatic N) is 2. The van der Waals surface area contributed by atoms with E-state index in [0.29, 0.717) is 22.2 Å². The molecule has 0 spiro atoms. The van der Waals surface area contributed by atoms with Crippen molar-refractivity contribution < 1.29 is 19.0 Å². The highest BCUT2D eigenvalue weighted by atomic mass is 32.1. The highest BCUT2D eigenvalue weighted by Crippen LogP contribution is 2.30. The molecule has 1 aliphatic heterocycles. The molecule has 8 heteroatoms. The van der Waals surface area contributed by atoms with Gasteiger partial charge >= 0.3 is 0 Å². The number of carbonyl (C=O) groups is 1. The molecular formula is C21H23N3O4S. The number of carbonyl (C=O) groups excluding carboxylic acids is 1. The highest BCUT2D eigenvalue weighted by Gasteiger charge is 2.15. The molecule has 2 aromatic carbocycles. The van der Waals surface area contributed by atoms with Gasteiger partial charge in [0.25, 0.3) is 5.91 Å². The second-order valence-corrected chi connectivity index (χ2v) is 7.76. The SMILES string of the molecule is COc1ccc(C(=O)Nc2nc3ccc(CN4CCOCC4)cc3s2)cc1OC. The third-order valence-electron chi connectivity index (χ3n) is 4.83. The minimum absolute atomic E-state index is 0.237. The van der Waals surface area contributed by atoms with E-state index in [4.69, 9.17) is 14.2 Å². The van der Waals surface area contributed by atoms with Gasteiger partial charge in [0.2, 0.25) is 0 Å². The zero-order valence-corrected chi connectivity index (χ0v) is 17.3. The number of rotatable bonds is 6. The van der Waals surface area contributed by atoms with Gasteiger partial charge in [-0.1, -0.05) is 17.4 Å². The predicted molar refractivity (Wildman–Crippen MR) is 113 cm³/mol. The monoisotopic (exact) mass is 413 g/mol. The smallest absolute Gasteiger partial charge is 0.257 e. The first-order chi connectivity index (χ1) is 14.2. The normalized spacial score (nSPS) is 14.7. The summed E-state index contributed by atoms with van der Waals surface area (Å²) in [7, 11) is 3.10. The molecule has 0 unspecified atom stereocenters. The molecule has 1 saturated heterocycles. The molecule has 4 rings (SSSR count). The van der Waals surface area contributed by atoms with E-state index in [1.54, 1.807) is 32.4 Å². The maximum absolute atomic E-state index is 12.6. The Labute approximate surface area is 173 Å². The molecule has 152 valence electrons. The number of anilines is 1. The Morgan fingerprint density at radius 3 is 2.69 bits per heavy atom. The maximum Gasteiger partial charge on any atom is 0.257 e. The van der Waals surface area contributed by atoms with Crippen molar-refractivity contribution in [1.29, 1.82) is 0 Å². The molecule has 3 aromatic rings. The predicted octanol–water partition coefficient (Wildman–Crippen LogP) is 3.40. The Kier molecular flexibility index (Phi) is 5.94. The van der Waals surface area contributed by atoms with Crippen LogP contribution in [-0.2, 0) is 11.3 Å². The topological polar surface area (TPSA) is 72.9 Å². The lowest BCUT2D eigenvalue weighted by Crippen LogP contribution is -2.35. The van der Waals surface area contributed by atoms with Gasteiger partial charge in [0.05, 0.1) is 37.6 Å². The number of morpholine rings is 1. The van der Waals surface area contributed by atoms with Gasteiger partial charge in [-0.2, -0.15) is 0 Å². The van der Waals surface area contributed by atoms with E-state index < -0.39 is 0 Å². The second kappa shape index (κ2) is 8.77. The lowest BCUT2D eigenvalue weighted by Gasteiger charge is -2.26. The third-order valence-corrected chi connectivity index (χ3v) is 5.76. The molecule has 2 heterocycles. The summed E-state index contributed by atoms with van der Waals surface area (Å²) in [5, 5.41) is 3.45. The van der Waals surface area contributed by atoms with Gasteiger partial charge in [-0.25, -0.2) is 4.98 Å². The Balaban J connectivity index is 1.48. The molecule has 29 heavy (non-hydrogen) atoms. The van der Waals surface area contributed by atoms with Crippen LogP contribution in [0.2, 0.25) is 0 Å². The Morgan fingerprint density at radius 2 is 1.93 bits per heavy atom. The fraction of sp³-hybridized carbons (Fsp3) is 0.333. The average molecular weight is 413 g/mol. The molecule has 1 aliphatic rings. The Hall–Kier alpha value is -2.68. The lowest BCUT2D eigenvalue weighted by molar-refractivity contribution is 0.0342. The van der Waals surface area contributed by atoms with Crippen molar-refractivity contribution in [3.05, 3.63) is 47.5 Å². The van der Waals surface area contributed by atoms with Gasteiger partial charge in [-0.3, -0.25) is 15.0 Å². The Bertz CT molecular complexity index is 1010. The van der Waals surface area contributed by atoms with E-state index in [0.717, 1.165) is 43.1 Å². The first-order valence-corrected chi connectivity index (χ1v) is 10.2. The standard InChI is InChI=1S/C21H23N3O4S/c1-26-17-6-4-15(12-18(17)27-2)20(25)23-21-22-16-5-3-14(11-19(16)29-21)13-24-7-9-28-10-8-24/h3-6,11-12H,7-10,13H2,1-2H3,(H,22,23,25). The molecule has 1 N–H and O–H groups in total. The van der Waals surface area contributed by atoms with Crippen molar-refractivity contribution in [2.75, 3.05) is 45.8 Å². The van der Waals surface area contributed by atoms with Crippen molar-refractivity contribution in [3.63, 3.8) is 0 Å². The fourth-order valence-electron chi connectivity index (χ4n) is 3.29. The number of thiazole rings is 1. The summed E-state index contributed by atoms with van der Waals surface area (Å²) in [4.78, 5) is 19.5. The number of benzene rings is 2. The molecule has 0 atom stereocenters. The van der Waals surface area contributed by atoms with Gasteiger partial charge in [0, 0.05) is 25.2 Å². The van der Waals surface area contributed by atoms with Crippen LogP contribution in [0.4, 0.5) is 5.13 Å². The van der Waals surface area contributed by atoms with Crippen LogP contribution in [-0.4, -0.2) is 56.3 Å². The summed E-state index contributed by atoms with van der Waals surface area (Å²) in [5.74, 6) is 0.854. The van der Waals surface area contributed by atoms with Crippen LogP contribution in [0, 0.1) is 0 Å². The van der Waals surface area contributed by atoms with Crippen LogP contribution in [0.3, 0.4) is 0 Å². The largest absolute Gasteiger partial charge is 0.493 e. The number of aromatic nitrogens is 1. The van der Waals surface area contributed by atoms with Crippen molar-refractivity contribution in [3.8, 4) is 11.5 Å².